The molecule has 35 heavy (non-hydrogen) atoms. The van der Waals surface area contributed by atoms with Gasteiger partial charge in [0.15, 0.2) is 5.60 Å². The predicted octanol–water partition coefficient (Wildman–Crippen LogP) is 5.55. The summed E-state index contributed by atoms with van der Waals surface area (Å²) in [5.41, 5.74) is -0.0683. The summed E-state index contributed by atoms with van der Waals surface area (Å²) >= 11 is 0. The summed E-state index contributed by atoms with van der Waals surface area (Å²) < 4.78 is 46.2. The van der Waals surface area contributed by atoms with Crippen LogP contribution in [0.25, 0.3) is 0 Å². The van der Waals surface area contributed by atoms with E-state index < -0.39 is 23.3 Å². The number of carboxylic acids is 1. The number of hydrogen-bond donors (Lipinski definition) is 1. The second kappa shape index (κ2) is 10.8. The topological polar surface area (TPSA) is 75.6 Å². The van der Waals surface area contributed by atoms with Crippen LogP contribution < -0.4 is 9.64 Å². The van der Waals surface area contributed by atoms with E-state index in [1.807, 2.05) is 6.92 Å². The van der Waals surface area contributed by atoms with Crippen molar-refractivity contribution in [1.82, 2.24) is 9.97 Å². The second-order valence-electron chi connectivity index (χ2n) is 8.63. The van der Waals surface area contributed by atoms with Gasteiger partial charge >= 0.3 is 12.1 Å². The van der Waals surface area contributed by atoms with Gasteiger partial charge < -0.3 is 14.7 Å². The molecule has 9 heteroatoms. The van der Waals surface area contributed by atoms with E-state index in [0.29, 0.717) is 24.7 Å². The van der Waals surface area contributed by atoms with E-state index in [0.717, 1.165) is 23.6 Å². The molecule has 0 amide bonds. The number of nitrogens with zero attached hydrogens (tertiary/aromatic N) is 3. The summed E-state index contributed by atoms with van der Waals surface area (Å²) in [5, 5.41) is 9.22. The monoisotopic (exact) mass is 487 g/mol. The van der Waals surface area contributed by atoms with Crippen LogP contribution in [-0.2, 0) is 30.4 Å². The van der Waals surface area contributed by atoms with Crippen molar-refractivity contribution in [1.29, 1.82) is 0 Å². The third kappa shape index (κ3) is 6.94. The smallest absolute Gasteiger partial charge is 0.416 e. The molecule has 1 N–H and O–H groups in total. The molecule has 0 aliphatic rings. The van der Waals surface area contributed by atoms with Crippen LogP contribution in [0.1, 0.15) is 43.0 Å². The predicted molar refractivity (Wildman–Crippen MR) is 126 cm³/mol. The Balaban J connectivity index is 1.80. The van der Waals surface area contributed by atoms with Crippen molar-refractivity contribution in [2.45, 2.75) is 51.9 Å². The Kier molecular flexibility index (Phi) is 7.99. The number of halogens is 3. The molecule has 0 fully saturated rings. The van der Waals surface area contributed by atoms with Gasteiger partial charge in [0, 0.05) is 25.5 Å². The first-order valence-electron chi connectivity index (χ1n) is 11.2. The number of anilines is 1. The molecule has 0 bridgehead atoms. The molecule has 3 aromatic rings. The fourth-order valence-corrected chi connectivity index (χ4v) is 3.41. The zero-order chi connectivity index (χ0) is 25.6. The molecule has 0 aliphatic carbocycles. The number of ether oxygens (including phenoxy) is 1. The Bertz CT molecular complexity index is 1130. The van der Waals surface area contributed by atoms with Crippen LogP contribution in [0.5, 0.6) is 5.75 Å². The SMILES string of the molecule is CCc1cnc(N(CCc2ccc(OC(C)(C)C(=O)O)cc2)Cc2ccccc2C(F)(F)F)nc1. The highest BCUT2D eigenvalue weighted by atomic mass is 19.4. The first-order valence-corrected chi connectivity index (χ1v) is 11.2. The Morgan fingerprint density at radius 2 is 1.63 bits per heavy atom. The van der Waals surface area contributed by atoms with Crippen molar-refractivity contribution < 1.29 is 27.8 Å². The quantitative estimate of drug-likeness (QED) is 0.404. The lowest BCUT2D eigenvalue weighted by Crippen LogP contribution is -2.37. The highest BCUT2D eigenvalue weighted by Crippen LogP contribution is 2.33. The number of alkyl halides is 3. The van der Waals surface area contributed by atoms with Crippen molar-refractivity contribution in [2.24, 2.45) is 0 Å². The van der Waals surface area contributed by atoms with E-state index in [1.165, 1.54) is 26.0 Å². The standard InChI is InChI=1S/C26H28F3N3O3/c1-4-18-15-30-24(31-16-18)32(17-20-7-5-6-8-22(20)26(27,28)29)14-13-19-9-11-21(12-10-19)35-25(2,3)23(33)34/h5-12,15-16H,4,13-14,17H2,1-3H3,(H,33,34). The van der Waals surface area contributed by atoms with Gasteiger partial charge in [0.2, 0.25) is 5.95 Å². The van der Waals surface area contributed by atoms with Crippen LogP contribution in [0, 0.1) is 0 Å². The van der Waals surface area contributed by atoms with E-state index in [2.05, 4.69) is 9.97 Å². The summed E-state index contributed by atoms with van der Waals surface area (Å²) in [6.45, 7) is 5.27. The van der Waals surface area contributed by atoms with E-state index >= 15 is 0 Å². The highest BCUT2D eigenvalue weighted by molar-refractivity contribution is 5.76. The Labute approximate surface area is 202 Å². The average Bonchev–Trinajstić information content (AvgIpc) is 2.82. The normalized spacial score (nSPS) is 11.8. The molecular weight excluding hydrogens is 459 g/mol. The van der Waals surface area contributed by atoms with Gasteiger partial charge in [-0.3, -0.25) is 0 Å². The van der Waals surface area contributed by atoms with Gasteiger partial charge in [-0.2, -0.15) is 13.2 Å². The lowest BCUT2D eigenvalue weighted by molar-refractivity contribution is -0.152. The molecule has 1 heterocycles. The van der Waals surface area contributed by atoms with Crippen LogP contribution in [-0.4, -0.2) is 33.2 Å². The number of benzene rings is 2. The molecule has 1 aromatic heterocycles. The number of carbonyl (C=O) groups is 1. The average molecular weight is 488 g/mol. The number of aromatic nitrogens is 2. The maximum atomic E-state index is 13.6. The largest absolute Gasteiger partial charge is 0.478 e. The lowest BCUT2D eigenvalue weighted by atomic mass is 10.1. The number of carboxylic acid groups (broad SMARTS) is 1. The summed E-state index contributed by atoms with van der Waals surface area (Å²) in [6, 6.07) is 12.5. The van der Waals surface area contributed by atoms with Gasteiger partial charge in [0.1, 0.15) is 5.75 Å². The number of hydrogen-bond acceptors (Lipinski definition) is 5. The highest BCUT2D eigenvalue weighted by Gasteiger charge is 2.33. The van der Waals surface area contributed by atoms with Crippen LogP contribution in [0.4, 0.5) is 19.1 Å². The van der Waals surface area contributed by atoms with Gasteiger partial charge in [-0.05, 0) is 61.6 Å². The first kappa shape index (κ1) is 26.0. The summed E-state index contributed by atoms with van der Waals surface area (Å²) in [7, 11) is 0. The van der Waals surface area contributed by atoms with Crippen molar-refractivity contribution in [3.63, 3.8) is 0 Å². The fraction of sp³-hybridized carbons (Fsp3) is 0.346. The molecule has 0 unspecified atom stereocenters. The molecule has 3 rings (SSSR count). The van der Waals surface area contributed by atoms with Gasteiger partial charge in [-0.1, -0.05) is 37.3 Å². The first-order chi connectivity index (χ1) is 16.5. The minimum Gasteiger partial charge on any atom is -0.478 e. The molecular formula is C26H28F3N3O3. The second-order valence-corrected chi connectivity index (χ2v) is 8.63. The van der Waals surface area contributed by atoms with Crippen molar-refractivity contribution in [3.05, 3.63) is 83.2 Å². The Hall–Kier alpha value is -3.62. The Morgan fingerprint density at radius 1 is 1.00 bits per heavy atom. The minimum absolute atomic E-state index is 0.00481. The Morgan fingerprint density at radius 3 is 2.20 bits per heavy atom. The van der Waals surface area contributed by atoms with Gasteiger partial charge in [0.25, 0.3) is 0 Å². The number of aliphatic carboxylic acids is 1. The van der Waals surface area contributed by atoms with Crippen LogP contribution >= 0.6 is 0 Å². The van der Waals surface area contributed by atoms with Crippen LogP contribution in [0.3, 0.4) is 0 Å². The van der Waals surface area contributed by atoms with E-state index in [-0.39, 0.29) is 12.1 Å². The molecule has 186 valence electrons. The molecule has 2 aromatic carbocycles. The van der Waals surface area contributed by atoms with E-state index in [1.54, 1.807) is 47.6 Å². The van der Waals surface area contributed by atoms with Crippen LogP contribution in [0.2, 0.25) is 0 Å². The maximum absolute atomic E-state index is 13.6. The van der Waals surface area contributed by atoms with Crippen molar-refractivity contribution in [3.8, 4) is 5.75 Å². The molecule has 0 saturated carbocycles. The maximum Gasteiger partial charge on any atom is 0.416 e. The molecule has 0 saturated heterocycles. The van der Waals surface area contributed by atoms with Gasteiger partial charge in [-0.15, -0.1) is 0 Å². The van der Waals surface area contributed by atoms with Crippen molar-refractivity contribution >= 4 is 11.9 Å². The molecule has 6 nitrogen and oxygen atoms in total. The molecule has 0 atom stereocenters. The van der Waals surface area contributed by atoms with E-state index in [9.17, 15) is 23.1 Å². The summed E-state index contributed by atoms with van der Waals surface area (Å²) in [4.78, 5) is 21.8. The van der Waals surface area contributed by atoms with Gasteiger partial charge in [-0.25, -0.2) is 14.8 Å². The molecule has 0 aliphatic heterocycles. The lowest BCUT2D eigenvalue weighted by Gasteiger charge is -2.25. The minimum atomic E-state index is -4.46. The van der Waals surface area contributed by atoms with Crippen LogP contribution in [0.15, 0.2) is 60.9 Å². The third-order valence-corrected chi connectivity index (χ3v) is 5.55. The number of aryl methyl sites for hydroxylation is 1. The molecule has 0 radical (unpaired) electrons. The summed E-state index contributed by atoms with van der Waals surface area (Å²) in [6.07, 6.45) is 0.164. The molecule has 0 spiro atoms. The fourth-order valence-electron chi connectivity index (χ4n) is 3.41. The van der Waals surface area contributed by atoms with E-state index in [4.69, 9.17) is 4.74 Å². The third-order valence-electron chi connectivity index (χ3n) is 5.55. The number of rotatable bonds is 10. The zero-order valence-corrected chi connectivity index (χ0v) is 19.8. The zero-order valence-electron chi connectivity index (χ0n) is 19.8. The van der Waals surface area contributed by atoms with Crippen molar-refractivity contribution in [2.75, 3.05) is 11.4 Å². The van der Waals surface area contributed by atoms with Gasteiger partial charge in [0.05, 0.1) is 5.56 Å². The summed E-state index contributed by atoms with van der Waals surface area (Å²) in [5.74, 6) is -0.316.